The number of hydrogen-bond donors (Lipinski definition) is 1. The standard InChI is InChI=1S/C16H24BrNO/c1-4-16(3)11-15(8-9-19-16)18-12(2)13-6-5-7-14(17)10-13/h5-7,10,12,15,18H,4,8-9,11H2,1-3H3. The Morgan fingerprint density at radius 3 is 3.00 bits per heavy atom. The summed E-state index contributed by atoms with van der Waals surface area (Å²) < 4.78 is 7.05. The summed E-state index contributed by atoms with van der Waals surface area (Å²) >= 11 is 3.54. The van der Waals surface area contributed by atoms with Crippen LogP contribution in [0.5, 0.6) is 0 Å². The lowest BCUT2D eigenvalue weighted by molar-refractivity contribution is -0.0789. The lowest BCUT2D eigenvalue weighted by Gasteiger charge is -2.39. The van der Waals surface area contributed by atoms with E-state index in [1.165, 1.54) is 5.56 Å². The van der Waals surface area contributed by atoms with E-state index in [0.29, 0.717) is 12.1 Å². The predicted octanol–water partition coefficient (Wildman–Crippen LogP) is 4.45. The van der Waals surface area contributed by atoms with Crippen molar-refractivity contribution in [2.24, 2.45) is 0 Å². The number of halogens is 1. The largest absolute Gasteiger partial charge is 0.375 e. The van der Waals surface area contributed by atoms with Crippen molar-refractivity contribution < 1.29 is 4.74 Å². The molecule has 1 aromatic carbocycles. The zero-order valence-electron chi connectivity index (χ0n) is 12.1. The molecule has 0 amide bonds. The van der Waals surface area contributed by atoms with E-state index < -0.39 is 0 Å². The lowest BCUT2D eigenvalue weighted by Crippen LogP contribution is -2.45. The fraction of sp³-hybridized carbons (Fsp3) is 0.625. The highest BCUT2D eigenvalue weighted by atomic mass is 79.9. The van der Waals surface area contributed by atoms with Gasteiger partial charge in [0.15, 0.2) is 0 Å². The first kappa shape index (κ1) is 15.0. The molecule has 0 aromatic heterocycles. The van der Waals surface area contributed by atoms with Crippen LogP contribution in [0.25, 0.3) is 0 Å². The molecule has 1 aromatic rings. The molecular weight excluding hydrogens is 302 g/mol. The van der Waals surface area contributed by atoms with Crippen LogP contribution in [0.2, 0.25) is 0 Å². The molecule has 3 atom stereocenters. The van der Waals surface area contributed by atoms with E-state index in [1.54, 1.807) is 0 Å². The molecule has 0 radical (unpaired) electrons. The van der Waals surface area contributed by atoms with Crippen LogP contribution in [0.1, 0.15) is 51.6 Å². The highest BCUT2D eigenvalue weighted by Gasteiger charge is 2.32. The summed E-state index contributed by atoms with van der Waals surface area (Å²) in [5.41, 5.74) is 1.38. The minimum atomic E-state index is 0.0485. The predicted molar refractivity (Wildman–Crippen MR) is 83.4 cm³/mol. The molecule has 2 rings (SSSR count). The van der Waals surface area contributed by atoms with Gasteiger partial charge in [0.05, 0.1) is 5.60 Å². The molecule has 3 unspecified atom stereocenters. The third-order valence-corrected chi connectivity index (χ3v) is 4.67. The van der Waals surface area contributed by atoms with Gasteiger partial charge in [-0.3, -0.25) is 0 Å². The van der Waals surface area contributed by atoms with E-state index >= 15 is 0 Å². The van der Waals surface area contributed by atoms with Gasteiger partial charge in [0.25, 0.3) is 0 Å². The molecule has 1 saturated heterocycles. The second kappa shape index (κ2) is 6.38. The first-order valence-corrected chi connectivity index (χ1v) is 7.97. The summed E-state index contributed by atoms with van der Waals surface area (Å²) in [6, 6.07) is 9.46. The van der Waals surface area contributed by atoms with Crippen molar-refractivity contribution in [1.82, 2.24) is 5.32 Å². The lowest BCUT2D eigenvalue weighted by atomic mass is 9.89. The Hall–Kier alpha value is -0.380. The SMILES string of the molecule is CCC1(C)CC(NC(C)c2cccc(Br)c2)CCO1. The molecular formula is C16H24BrNO. The van der Waals surface area contributed by atoms with E-state index in [0.717, 1.165) is 30.3 Å². The molecule has 1 aliphatic rings. The van der Waals surface area contributed by atoms with Crippen molar-refractivity contribution in [2.45, 2.75) is 57.7 Å². The van der Waals surface area contributed by atoms with Gasteiger partial charge in [-0.2, -0.15) is 0 Å². The van der Waals surface area contributed by atoms with Crippen LogP contribution < -0.4 is 5.32 Å². The van der Waals surface area contributed by atoms with Crippen molar-refractivity contribution >= 4 is 15.9 Å². The second-order valence-corrected chi connectivity index (χ2v) is 6.70. The third kappa shape index (κ3) is 4.04. The van der Waals surface area contributed by atoms with Gasteiger partial charge in [0.2, 0.25) is 0 Å². The van der Waals surface area contributed by atoms with Crippen molar-refractivity contribution in [3.05, 3.63) is 34.3 Å². The molecule has 2 nitrogen and oxygen atoms in total. The fourth-order valence-corrected chi connectivity index (χ4v) is 3.16. The van der Waals surface area contributed by atoms with Gasteiger partial charge in [0, 0.05) is 23.2 Å². The number of ether oxygens (including phenoxy) is 1. The molecule has 1 N–H and O–H groups in total. The fourth-order valence-electron chi connectivity index (χ4n) is 2.74. The Morgan fingerprint density at radius 2 is 2.32 bits per heavy atom. The van der Waals surface area contributed by atoms with Gasteiger partial charge in [-0.1, -0.05) is 35.0 Å². The molecule has 106 valence electrons. The summed E-state index contributed by atoms with van der Waals surface area (Å²) in [5, 5.41) is 3.75. The zero-order valence-corrected chi connectivity index (χ0v) is 13.7. The summed E-state index contributed by atoms with van der Waals surface area (Å²) in [6.07, 6.45) is 3.28. The van der Waals surface area contributed by atoms with Crippen LogP contribution in [0.4, 0.5) is 0 Å². The van der Waals surface area contributed by atoms with Crippen LogP contribution in [0, 0.1) is 0 Å². The van der Waals surface area contributed by atoms with Crippen molar-refractivity contribution in [3.63, 3.8) is 0 Å². The van der Waals surface area contributed by atoms with Crippen LogP contribution in [0.3, 0.4) is 0 Å². The Kier molecular flexibility index (Phi) is 5.04. The van der Waals surface area contributed by atoms with Gasteiger partial charge in [-0.25, -0.2) is 0 Å². The van der Waals surface area contributed by atoms with Crippen molar-refractivity contribution in [1.29, 1.82) is 0 Å². The molecule has 0 aliphatic carbocycles. The van der Waals surface area contributed by atoms with E-state index in [1.807, 2.05) is 0 Å². The van der Waals surface area contributed by atoms with Crippen LogP contribution in [-0.4, -0.2) is 18.2 Å². The topological polar surface area (TPSA) is 21.3 Å². The minimum Gasteiger partial charge on any atom is -0.375 e. The highest BCUT2D eigenvalue weighted by molar-refractivity contribution is 9.10. The monoisotopic (exact) mass is 325 g/mol. The molecule has 0 saturated carbocycles. The molecule has 1 fully saturated rings. The van der Waals surface area contributed by atoms with E-state index in [-0.39, 0.29) is 5.60 Å². The first-order valence-electron chi connectivity index (χ1n) is 7.18. The van der Waals surface area contributed by atoms with Crippen molar-refractivity contribution in [2.75, 3.05) is 6.61 Å². The Labute approximate surface area is 125 Å². The molecule has 0 bridgehead atoms. The van der Waals surface area contributed by atoms with Gasteiger partial charge in [-0.05, 0) is 50.8 Å². The molecule has 1 aliphatic heterocycles. The normalized spacial score (nSPS) is 29.2. The van der Waals surface area contributed by atoms with Gasteiger partial charge < -0.3 is 10.1 Å². The quantitative estimate of drug-likeness (QED) is 0.883. The maximum Gasteiger partial charge on any atom is 0.0666 e. The maximum atomic E-state index is 5.90. The summed E-state index contributed by atoms with van der Waals surface area (Å²) in [4.78, 5) is 0. The molecule has 19 heavy (non-hydrogen) atoms. The minimum absolute atomic E-state index is 0.0485. The van der Waals surface area contributed by atoms with Gasteiger partial charge >= 0.3 is 0 Å². The summed E-state index contributed by atoms with van der Waals surface area (Å²) in [7, 11) is 0. The van der Waals surface area contributed by atoms with Gasteiger partial charge in [-0.15, -0.1) is 0 Å². The van der Waals surface area contributed by atoms with Gasteiger partial charge in [0.1, 0.15) is 0 Å². The van der Waals surface area contributed by atoms with E-state index in [4.69, 9.17) is 4.74 Å². The summed E-state index contributed by atoms with van der Waals surface area (Å²) in [5.74, 6) is 0. The average molecular weight is 326 g/mol. The number of rotatable bonds is 4. The van der Waals surface area contributed by atoms with Crippen molar-refractivity contribution in [3.8, 4) is 0 Å². The Balaban J connectivity index is 1.97. The Bertz CT molecular complexity index is 423. The van der Waals surface area contributed by atoms with E-state index in [2.05, 4.69) is 66.3 Å². The third-order valence-electron chi connectivity index (χ3n) is 4.18. The number of benzene rings is 1. The van der Waals surface area contributed by atoms with Crippen LogP contribution >= 0.6 is 15.9 Å². The van der Waals surface area contributed by atoms with E-state index in [9.17, 15) is 0 Å². The average Bonchev–Trinajstić information content (AvgIpc) is 2.39. The number of nitrogens with one attached hydrogen (secondary N) is 1. The van der Waals surface area contributed by atoms with Crippen LogP contribution in [-0.2, 0) is 4.74 Å². The Morgan fingerprint density at radius 1 is 1.53 bits per heavy atom. The van der Waals surface area contributed by atoms with Crippen LogP contribution in [0.15, 0.2) is 28.7 Å². The second-order valence-electron chi connectivity index (χ2n) is 5.79. The zero-order chi connectivity index (χ0) is 13.9. The smallest absolute Gasteiger partial charge is 0.0666 e. The molecule has 3 heteroatoms. The first-order chi connectivity index (χ1) is 9.02. The summed E-state index contributed by atoms with van der Waals surface area (Å²) in [6.45, 7) is 7.54. The molecule has 1 heterocycles. The molecule has 0 spiro atoms. The highest BCUT2D eigenvalue weighted by Crippen LogP contribution is 2.29. The number of hydrogen-bond acceptors (Lipinski definition) is 2. The maximum absolute atomic E-state index is 5.90.